The van der Waals surface area contributed by atoms with Crippen LogP contribution in [0, 0.1) is 17.3 Å². The highest BCUT2D eigenvalue weighted by Gasteiger charge is 2.60. The highest BCUT2D eigenvalue weighted by molar-refractivity contribution is 6.02. The molecule has 2 bridgehead atoms. The van der Waals surface area contributed by atoms with Crippen LogP contribution in [-0.4, -0.2) is 36.7 Å². The Kier molecular flexibility index (Phi) is 3.58. The van der Waals surface area contributed by atoms with E-state index in [1.54, 1.807) is 7.05 Å². The van der Waals surface area contributed by atoms with Gasteiger partial charge in [0.2, 0.25) is 5.91 Å². The average Bonchev–Trinajstić information content (AvgIpc) is 2.60. The second-order valence-electron chi connectivity index (χ2n) is 7.97. The van der Waals surface area contributed by atoms with Crippen molar-refractivity contribution in [1.82, 2.24) is 10.4 Å². The fourth-order valence-electron chi connectivity index (χ4n) is 5.14. The number of hydrogen-bond acceptors (Lipinski definition) is 4. The van der Waals surface area contributed by atoms with Gasteiger partial charge >= 0.3 is 0 Å². The first-order valence-electron chi connectivity index (χ1n) is 8.90. The second kappa shape index (κ2) is 5.46. The minimum Gasteiger partial charge on any atom is -0.362 e. The summed E-state index contributed by atoms with van der Waals surface area (Å²) in [5.74, 6) is 0.165. The van der Waals surface area contributed by atoms with Crippen LogP contribution in [0.25, 0.3) is 0 Å². The van der Waals surface area contributed by atoms with E-state index in [0.717, 1.165) is 31.4 Å². The molecule has 134 valence electrons. The molecule has 1 aromatic rings. The molecule has 4 atom stereocenters. The molecular formula is C19H25N3O3. The molecule has 3 fully saturated rings. The first-order valence-corrected chi connectivity index (χ1v) is 8.90. The summed E-state index contributed by atoms with van der Waals surface area (Å²) in [6.07, 6.45) is 3.51. The highest BCUT2D eigenvalue weighted by atomic mass is 16.7. The molecule has 0 saturated heterocycles. The maximum Gasteiger partial charge on any atom is 0.255 e. The predicted molar refractivity (Wildman–Crippen MR) is 93.6 cm³/mol. The van der Waals surface area contributed by atoms with Gasteiger partial charge in [-0.05, 0) is 43.2 Å². The van der Waals surface area contributed by atoms with E-state index in [2.05, 4.69) is 17.6 Å². The smallest absolute Gasteiger partial charge is 0.255 e. The zero-order chi connectivity index (χ0) is 17.8. The van der Waals surface area contributed by atoms with Crippen molar-refractivity contribution in [3.8, 4) is 0 Å². The van der Waals surface area contributed by atoms with Crippen LogP contribution in [0.3, 0.4) is 0 Å². The van der Waals surface area contributed by atoms with Gasteiger partial charge in [-0.25, -0.2) is 5.06 Å². The largest absolute Gasteiger partial charge is 0.362 e. The Labute approximate surface area is 147 Å². The number of nitrogens with zero attached hydrogens (tertiary/aromatic N) is 1. The predicted octanol–water partition coefficient (Wildman–Crippen LogP) is 2.38. The SMILES string of the molecule is CON(C)C(=O)[C@H]1C[C@H]2CC[C@]1(C)C[C@]21NC(=O)c2ccccc2N1. The lowest BCUT2D eigenvalue weighted by molar-refractivity contribution is -0.186. The summed E-state index contributed by atoms with van der Waals surface area (Å²) in [6.45, 7) is 2.17. The number of amides is 2. The third-order valence-corrected chi connectivity index (χ3v) is 6.55. The van der Waals surface area contributed by atoms with Gasteiger partial charge in [0.05, 0.1) is 12.7 Å². The molecule has 3 saturated carbocycles. The number of fused-ring (bicyclic) bond motifs is 3. The summed E-state index contributed by atoms with van der Waals surface area (Å²) in [6, 6.07) is 7.62. The monoisotopic (exact) mass is 343 g/mol. The lowest BCUT2D eigenvalue weighted by Gasteiger charge is -2.61. The Balaban J connectivity index is 1.66. The van der Waals surface area contributed by atoms with Crippen molar-refractivity contribution in [2.24, 2.45) is 17.3 Å². The van der Waals surface area contributed by atoms with Gasteiger partial charge in [0, 0.05) is 24.6 Å². The van der Waals surface area contributed by atoms with Crippen molar-refractivity contribution in [3.63, 3.8) is 0 Å². The summed E-state index contributed by atoms with van der Waals surface area (Å²) in [4.78, 5) is 30.5. The van der Waals surface area contributed by atoms with Crippen molar-refractivity contribution in [2.45, 2.75) is 38.3 Å². The number of rotatable bonds is 2. The summed E-state index contributed by atoms with van der Waals surface area (Å²) < 4.78 is 0. The molecule has 0 aromatic heterocycles. The van der Waals surface area contributed by atoms with E-state index in [1.165, 1.54) is 12.2 Å². The van der Waals surface area contributed by atoms with Gasteiger partial charge in [0.25, 0.3) is 5.91 Å². The maximum absolute atomic E-state index is 12.8. The lowest BCUT2D eigenvalue weighted by Crippen LogP contribution is -2.70. The third kappa shape index (κ3) is 2.34. The van der Waals surface area contributed by atoms with Crippen molar-refractivity contribution in [3.05, 3.63) is 29.8 Å². The van der Waals surface area contributed by atoms with Crippen molar-refractivity contribution in [1.29, 1.82) is 0 Å². The Bertz CT molecular complexity index is 736. The molecular weight excluding hydrogens is 318 g/mol. The molecule has 0 radical (unpaired) electrons. The van der Waals surface area contributed by atoms with Gasteiger partial charge in [0.1, 0.15) is 5.66 Å². The Morgan fingerprint density at radius 3 is 2.80 bits per heavy atom. The number of anilines is 1. The standard InChI is InChI=1S/C19H25N3O3/c1-18-9-8-12(10-14(18)17(24)22(2)25-3)19(11-18)20-15-7-5-4-6-13(15)16(23)21-19/h4-7,12,14,20H,8-11H2,1-3H3,(H,21,23)/t12-,14-,18-,19+/m1/s1. The molecule has 0 unspecified atom stereocenters. The number of hydroxylamine groups is 2. The van der Waals surface area contributed by atoms with Gasteiger partial charge in [-0.1, -0.05) is 19.1 Å². The zero-order valence-corrected chi connectivity index (χ0v) is 15.0. The molecule has 5 rings (SSSR count). The zero-order valence-electron chi connectivity index (χ0n) is 15.0. The minimum atomic E-state index is -0.457. The van der Waals surface area contributed by atoms with E-state index in [9.17, 15) is 9.59 Å². The summed E-state index contributed by atoms with van der Waals surface area (Å²) in [5.41, 5.74) is 0.956. The van der Waals surface area contributed by atoms with Crippen LogP contribution in [0.1, 0.15) is 43.0 Å². The van der Waals surface area contributed by atoms with Gasteiger partial charge in [0.15, 0.2) is 0 Å². The van der Waals surface area contributed by atoms with E-state index in [4.69, 9.17) is 4.84 Å². The number of carbonyl (C=O) groups is 2. The lowest BCUT2D eigenvalue weighted by atomic mass is 9.51. The summed E-state index contributed by atoms with van der Waals surface area (Å²) in [5, 5.41) is 8.19. The van der Waals surface area contributed by atoms with Crippen LogP contribution in [-0.2, 0) is 9.63 Å². The molecule has 3 aliphatic carbocycles. The van der Waals surface area contributed by atoms with Gasteiger partial charge < -0.3 is 10.6 Å². The molecule has 6 nitrogen and oxygen atoms in total. The van der Waals surface area contributed by atoms with Crippen LogP contribution < -0.4 is 10.6 Å². The first kappa shape index (κ1) is 16.4. The van der Waals surface area contributed by atoms with Gasteiger partial charge in [-0.2, -0.15) is 0 Å². The fraction of sp³-hybridized carbons (Fsp3) is 0.579. The minimum absolute atomic E-state index is 0.0256. The van der Waals surface area contributed by atoms with Crippen molar-refractivity contribution in [2.75, 3.05) is 19.5 Å². The number of para-hydroxylation sites is 1. The van der Waals surface area contributed by atoms with Crippen LogP contribution in [0.4, 0.5) is 5.69 Å². The van der Waals surface area contributed by atoms with Crippen molar-refractivity contribution < 1.29 is 14.4 Å². The highest BCUT2D eigenvalue weighted by Crippen LogP contribution is 2.58. The fourth-order valence-corrected chi connectivity index (χ4v) is 5.14. The van der Waals surface area contributed by atoms with Crippen LogP contribution in [0.2, 0.25) is 0 Å². The van der Waals surface area contributed by atoms with E-state index < -0.39 is 5.66 Å². The number of benzene rings is 1. The average molecular weight is 343 g/mol. The van der Waals surface area contributed by atoms with E-state index in [-0.39, 0.29) is 29.1 Å². The Morgan fingerprint density at radius 2 is 2.08 bits per heavy atom. The van der Waals surface area contributed by atoms with Crippen LogP contribution in [0.15, 0.2) is 24.3 Å². The molecule has 6 heteroatoms. The maximum atomic E-state index is 12.8. The summed E-state index contributed by atoms with van der Waals surface area (Å²) >= 11 is 0. The van der Waals surface area contributed by atoms with Crippen LogP contribution in [0.5, 0.6) is 0 Å². The topological polar surface area (TPSA) is 70.7 Å². The van der Waals surface area contributed by atoms with Gasteiger partial charge in [-0.3, -0.25) is 14.4 Å². The number of carbonyl (C=O) groups excluding carboxylic acids is 2. The molecule has 1 heterocycles. The van der Waals surface area contributed by atoms with Gasteiger partial charge in [-0.15, -0.1) is 0 Å². The Morgan fingerprint density at radius 1 is 1.32 bits per heavy atom. The molecule has 1 spiro atoms. The van der Waals surface area contributed by atoms with E-state index in [1.807, 2.05) is 24.3 Å². The number of hydrogen-bond donors (Lipinski definition) is 2. The summed E-state index contributed by atoms with van der Waals surface area (Å²) in [7, 11) is 3.18. The molecule has 2 N–H and O–H groups in total. The van der Waals surface area contributed by atoms with Crippen LogP contribution >= 0.6 is 0 Å². The molecule has 4 aliphatic rings. The number of nitrogens with one attached hydrogen (secondary N) is 2. The first-order chi connectivity index (χ1) is 11.9. The molecule has 1 aromatic carbocycles. The van der Waals surface area contributed by atoms with E-state index in [0.29, 0.717) is 5.56 Å². The molecule has 1 aliphatic heterocycles. The Hall–Kier alpha value is -2.08. The quantitative estimate of drug-likeness (QED) is 0.809. The third-order valence-electron chi connectivity index (χ3n) is 6.55. The molecule has 2 amide bonds. The van der Waals surface area contributed by atoms with E-state index >= 15 is 0 Å². The normalized spacial score (nSPS) is 35.7. The second-order valence-corrected chi connectivity index (χ2v) is 7.97. The van der Waals surface area contributed by atoms with Crippen molar-refractivity contribution >= 4 is 17.5 Å². The molecule has 25 heavy (non-hydrogen) atoms.